The molecule has 0 saturated heterocycles. The molecule has 1 aromatic heterocycles. The second-order valence-electron chi connectivity index (χ2n) is 6.66. The highest BCUT2D eigenvalue weighted by molar-refractivity contribution is 6.28. The van der Waals surface area contributed by atoms with Crippen LogP contribution in [0.25, 0.3) is 0 Å². The van der Waals surface area contributed by atoms with E-state index in [0.717, 1.165) is 43.2 Å². The largest absolute Gasteiger partial charge is 0.362 e. The van der Waals surface area contributed by atoms with Crippen LogP contribution >= 0.6 is 11.6 Å². The van der Waals surface area contributed by atoms with Gasteiger partial charge in [0.25, 0.3) is 0 Å². The van der Waals surface area contributed by atoms with Gasteiger partial charge in [0.05, 0.1) is 6.20 Å². The highest BCUT2D eigenvalue weighted by atomic mass is 35.5. The van der Waals surface area contributed by atoms with E-state index >= 15 is 0 Å². The van der Waals surface area contributed by atoms with Gasteiger partial charge in [-0.1, -0.05) is 0 Å². The van der Waals surface area contributed by atoms with Crippen molar-refractivity contribution in [2.24, 2.45) is 17.8 Å². The van der Waals surface area contributed by atoms with Crippen LogP contribution < -0.4 is 5.32 Å². The van der Waals surface area contributed by atoms with Crippen molar-refractivity contribution in [3.8, 4) is 0 Å². The zero-order valence-corrected chi connectivity index (χ0v) is 11.5. The van der Waals surface area contributed by atoms with Crippen LogP contribution in [0.1, 0.15) is 38.5 Å². The summed E-state index contributed by atoms with van der Waals surface area (Å²) in [6, 6.07) is 0. The number of hydrogen-bond donors (Lipinski definition) is 1. The van der Waals surface area contributed by atoms with Crippen molar-refractivity contribution in [2.45, 2.75) is 44.1 Å². The van der Waals surface area contributed by atoms with Crippen molar-refractivity contribution in [3.63, 3.8) is 0 Å². The molecule has 4 saturated carbocycles. The quantitative estimate of drug-likeness (QED) is 0.841. The van der Waals surface area contributed by atoms with E-state index < -0.39 is 5.82 Å². The van der Waals surface area contributed by atoms with Gasteiger partial charge in [0.2, 0.25) is 5.28 Å². The Labute approximate surface area is 117 Å². The van der Waals surface area contributed by atoms with Crippen LogP contribution in [0.15, 0.2) is 6.20 Å². The molecule has 0 aromatic carbocycles. The van der Waals surface area contributed by atoms with E-state index in [1.807, 2.05) is 0 Å². The summed E-state index contributed by atoms with van der Waals surface area (Å²) in [7, 11) is 0. The molecule has 5 heteroatoms. The lowest BCUT2D eigenvalue weighted by atomic mass is 9.53. The van der Waals surface area contributed by atoms with Crippen LogP contribution in [0.2, 0.25) is 5.28 Å². The molecule has 0 radical (unpaired) electrons. The molecule has 1 aromatic rings. The van der Waals surface area contributed by atoms with Crippen LogP contribution in [-0.4, -0.2) is 15.5 Å². The van der Waals surface area contributed by atoms with Gasteiger partial charge in [-0.05, 0) is 67.9 Å². The van der Waals surface area contributed by atoms with Crippen molar-refractivity contribution in [2.75, 3.05) is 5.32 Å². The van der Waals surface area contributed by atoms with E-state index in [0.29, 0.717) is 0 Å². The maximum Gasteiger partial charge on any atom is 0.224 e. The summed E-state index contributed by atoms with van der Waals surface area (Å²) in [4.78, 5) is 7.69. The molecule has 0 aliphatic heterocycles. The smallest absolute Gasteiger partial charge is 0.224 e. The van der Waals surface area contributed by atoms with Gasteiger partial charge in [-0.2, -0.15) is 4.98 Å². The molecule has 4 aliphatic carbocycles. The normalized spacial score (nSPS) is 39.6. The molecule has 0 unspecified atom stereocenters. The second kappa shape index (κ2) is 4.05. The number of aromatic nitrogens is 2. The van der Waals surface area contributed by atoms with Gasteiger partial charge in [-0.3, -0.25) is 0 Å². The first-order chi connectivity index (χ1) is 9.12. The molecule has 0 amide bonds. The molecule has 0 spiro atoms. The summed E-state index contributed by atoms with van der Waals surface area (Å²) in [5.74, 6) is 2.33. The van der Waals surface area contributed by atoms with Gasteiger partial charge < -0.3 is 5.32 Å². The van der Waals surface area contributed by atoms with Crippen molar-refractivity contribution in [1.29, 1.82) is 0 Å². The minimum atomic E-state index is -0.403. The van der Waals surface area contributed by atoms with E-state index in [2.05, 4.69) is 15.3 Å². The molecule has 1 N–H and O–H groups in total. The van der Waals surface area contributed by atoms with E-state index in [1.54, 1.807) is 0 Å². The van der Waals surface area contributed by atoms with Crippen molar-refractivity contribution in [1.82, 2.24) is 9.97 Å². The molecule has 19 heavy (non-hydrogen) atoms. The first kappa shape index (κ1) is 11.9. The second-order valence-corrected chi connectivity index (χ2v) is 7.00. The monoisotopic (exact) mass is 281 g/mol. The highest BCUT2D eigenvalue weighted by Gasteiger charge is 2.51. The lowest BCUT2D eigenvalue weighted by molar-refractivity contribution is 0.0104. The number of hydrogen-bond acceptors (Lipinski definition) is 3. The maximum absolute atomic E-state index is 13.8. The molecule has 4 bridgehead atoms. The Bertz CT molecular complexity index is 484. The fraction of sp³-hybridized carbons (Fsp3) is 0.714. The Morgan fingerprint density at radius 3 is 2.32 bits per heavy atom. The molecular formula is C14H17ClFN3. The zero-order valence-electron chi connectivity index (χ0n) is 10.7. The Hall–Kier alpha value is -0.900. The van der Waals surface area contributed by atoms with Crippen molar-refractivity contribution < 1.29 is 4.39 Å². The van der Waals surface area contributed by atoms with Gasteiger partial charge >= 0.3 is 0 Å². The Balaban J connectivity index is 1.64. The van der Waals surface area contributed by atoms with Gasteiger partial charge in [0, 0.05) is 5.54 Å². The van der Waals surface area contributed by atoms with Gasteiger partial charge in [0.1, 0.15) is 0 Å². The average Bonchev–Trinajstić information content (AvgIpc) is 2.31. The number of anilines is 1. The Morgan fingerprint density at radius 1 is 1.16 bits per heavy atom. The Kier molecular flexibility index (Phi) is 2.53. The summed E-state index contributed by atoms with van der Waals surface area (Å²) in [6.45, 7) is 0. The third kappa shape index (κ3) is 2.00. The number of rotatable bonds is 2. The van der Waals surface area contributed by atoms with Gasteiger partial charge in [-0.15, -0.1) is 0 Å². The van der Waals surface area contributed by atoms with Crippen LogP contribution in [-0.2, 0) is 0 Å². The first-order valence-corrected chi connectivity index (χ1v) is 7.46. The van der Waals surface area contributed by atoms with Crippen LogP contribution in [0, 0.1) is 23.6 Å². The third-order valence-electron chi connectivity index (χ3n) is 5.14. The lowest BCUT2D eigenvalue weighted by Crippen LogP contribution is -2.55. The molecule has 3 nitrogen and oxygen atoms in total. The minimum absolute atomic E-state index is 0.0489. The highest BCUT2D eigenvalue weighted by Crippen LogP contribution is 2.56. The molecule has 4 fully saturated rings. The molecule has 1 heterocycles. The van der Waals surface area contributed by atoms with Crippen LogP contribution in [0.3, 0.4) is 0 Å². The summed E-state index contributed by atoms with van der Waals surface area (Å²) >= 11 is 5.77. The van der Waals surface area contributed by atoms with E-state index in [-0.39, 0.29) is 16.6 Å². The van der Waals surface area contributed by atoms with Gasteiger partial charge in [0.15, 0.2) is 11.6 Å². The van der Waals surface area contributed by atoms with Gasteiger partial charge in [-0.25, -0.2) is 9.37 Å². The fourth-order valence-electron chi connectivity index (χ4n) is 4.95. The Morgan fingerprint density at radius 2 is 1.74 bits per heavy atom. The average molecular weight is 282 g/mol. The molecule has 4 aliphatic rings. The summed E-state index contributed by atoms with van der Waals surface area (Å²) < 4.78 is 13.8. The SMILES string of the molecule is Fc1cnc(Cl)nc1NC12CC3CC(CC(C3)C1)C2. The third-order valence-corrected chi connectivity index (χ3v) is 5.32. The van der Waals surface area contributed by atoms with E-state index in [1.165, 1.54) is 19.3 Å². The molecular weight excluding hydrogens is 265 g/mol. The first-order valence-electron chi connectivity index (χ1n) is 7.08. The predicted molar refractivity (Wildman–Crippen MR) is 71.5 cm³/mol. The van der Waals surface area contributed by atoms with E-state index in [4.69, 9.17) is 11.6 Å². The van der Waals surface area contributed by atoms with E-state index in [9.17, 15) is 4.39 Å². The topological polar surface area (TPSA) is 37.8 Å². The molecule has 102 valence electrons. The lowest BCUT2D eigenvalue weighted by Gasteiger charge is -2.57. The molecule has 5 rings (SSSR count). The zero-order chi connectivity index (χ0) is 13.0. The van der Waals surface area contributed by atoms with Crippen LogP contribution in [0.5, 0.6) is 0 Å². The standard InChI is InChI=1S/C14H17ClFN3/c15-13-17-7-11(16)12(18-13)19-14-4-8-1-9(5-14)3-10(2-8)6-14/h7-10H,1-6H2,(H,17,18,19). The van der Waals surface area contributed by atoms with Crippen molar-refractivity contribution in [3.05, 3.63) is 17.3 Å². The van der Waals surface area contributed by atoms with Crippen molar-refractivity contribution >= 4 is 17.4 Å². The number of halogens is 2. The maximum atomic E-state index is 13.8. The minimum Gasteiger partial charge on any atom is -0.362 e. The fourth-order valence-corrected chi connectivity index (χ4v) is 5.08. The van der Waals surface area contributed by atoms with Crippen LogP contribution in [0.4, 0.5) is 10.2 Å². The number of nitrogens with zero attached hydrogens (tertiary/aromatic N) is 2. The predicted octanol–water partition coefficient (Wildman–Crippen LogP) is 3.65. The summed E-state index contributed by atoms with van der Waals surface area (Å²) in [5, 5.41) is 3.49. The summed E-state index contributed by atoms with van der Waals surface area (Å²) in [6.07, 6.45) is 8.72. The summed E-state index contributed by atoms with van der Waals surface area (Å²) in [5.41, 5.74) is 0.0489. The number of nitrogens with one attached hydrogen (secondary N) is 1. The molecule has 0 atom stereocenters.